The van der Waals surface area contributed by atoms with E-state index in [4.69, 9.17) is 16.3 Å². The molecule has 1 aliphatic heterocycles. The number of H-pyrrole nitrogens is 2. The standard InChI is InChI=1S/C23H24ClN7O3/c1-13-19-21(30-23(27-13)31-7-9-34-10-8-31)29-20(28-19)18-16(5-6-25-22(18)33)26-12-17(32)14-3-2-4-15(24)11-14/h2-6,11,17,32H,7-10,12H2,1H3,(H2,25,26,33)(H,27,28,29,30)/t17-/m1/s1. The highest BCUT2D eigenvalue weighted by molar-refractivity contribution is 6.30. The number of imidazole rings is 1. The molecule has 0 spiro atoms. The maximum atomic E-state index is 12.8. The summed E-state index contributed by atoms with van der Waals surface area (Å²) in [4.78, 5) is 34.6. The van der Waals surface area contributed by atoms with Crippen molar-refractivity contribution in [2.24, 2.45) is 0 Å². The van der Waals surface area contributed by atoms with E-state index in [0.717, 1.165) is 0 Å². The number of aliphatic hydroxyl groups is 1. The molecule has 1 aliphatic rings. The van der Waals surface area contributed by atoms with Gasteiger partial charge in [-0.3, -0.25) is 4.79 Å². The molecule has 176 valence electrons. The Kier molecular flexibility index (Phi) is 6.18. The predicted octanol–water partition coefficient (Wildman–Crippen LogP) is 2.65. The lowest BCUT2D eigenvalue weighted by molar-refractivity contribution is 0.122. The summed E-state index contributed by atoms with van der Waals surface area (Å²) in [5.41, 5.74) is 3.08. The van der Waals surface area contributed by atoms with Crippen LogP contribution >= 0.6 is 11.6 Å². The van der Waals surface area contributed by atoms with Crippen molar-refractivity contribution in [1.29, 1.82) is 0 Å². The monoisotopic (exact) mass is 481 g/mol. The van der Waals surface area contributed by atoms with Crippen molar-refractivity contribution in [3.05, 3.63) is 63.2 Å². The van der Waals surface area contributed by atoms with E-state index in [-0.39, 0.29) is 12.1 Å². The minimum absolute atomic E-state index is 0.178. The van der Waals surface area contributed by atoms with Gasteiger partial charge in [0.25, 0.3) is 5.56 Å². The van der Waals surface area contributed by atoms with Gasteiger partial charge >= 0.3 is 0 Å². The zero-order chi connectivity index (χ0) is 23.7. The summed E-state index contributed by atoms with van der Waals surface area (Å²) in [5.74, 6) is 0.974. The number of morpholine rings is 1. The normalized spacial score (nSPS) is 15.0. The molecule has 11 heteroatoms. The first-order chi connectivity index (χ1) is 16.5. The number of nitrogens with one attached hydrogen (secondary N) is 3. The fourth-order valence-electron chi connectivity index (χ4n) is 3.95. The molecule has 3 aromatic heterocycles. The molecule has 0 unspecified atom stereocenters. The lowest BCUT2D eigenvalue weighted by atomic mass is 10.1. The predicted molar refractivity (Wildman–Crippen MR) is 130 cm³/mol. The van der Waals surface area contributed by atoms with E-state index in [9.17, 15) is 9.90 Å². The first-order valence-electron chi connectivity index (χ1n) is 11.0. The van der Waals surface area contributed by atoms with E-state index in [1.807, 2.05) is 6.92 Å². The number of rotatable bonds is 6. The second-order valence-electron chi connectivity index (χ2n) is 8.04. The molecule has 1 aromatic carbocycles. The molecular weight excluding hydrogens is 458 g/mol. The summed E-state index contributed by atoms with van der Waals surface area (Å²) in [5, 5.41) is 14.3. The molecule has 1 atom stereocenters. The number of halogens is 1. The van der Waals surface area contributed by atoms with E-state index < -0.39 is 6.10 Å². The summed E-state index contributed by atoms with van der Waals surface area (Å²) in [6.45, 7) is 4.74. The number of aryl methyl sites for hydroxylation is 1. The lowest BCUT2D eigenvalue weighted by Crippen LogP contribution is -2.37. The fourth-order valence-corrected chi connectivity index (χ4v) is 4.15. The third-order valence-corrected chi connectivity index (χ3v) is 5.95. The SMILES string of the molecule is Cc1nc(N2CCOCC2)nc2[nH]c(-c3c(NC[C@@H](O)c4cccc(Cl)c4)cc[nH]c3=O)nc12. The van der Waals surface area contributed by atoms with Crippen LogP contribution in [0.15, 0.2) is 41.3 Å². The Balaban J connectivity index is 1.46. The molecule has 4 N–H and O–H groups in total. The number of pyridine rings is 1. The molecule has 5 rings (SSSR count). The van der Waals surface area contributed by atoms with Crippen LogP contribution in [0.2, 0.25) is 5.02 Å². The molecular formula is C23H24ClN7O3. The molecule has 34 heavy (non-hydrogen) atoms. The van der Waals surface area contributed by atoms with Crippen molar-refractivity contribution in [1.82, 2.24) is 24.9 Å². The van der Waals surface area contributed by atoms with E-state index >= 15 is 0 Å². The third kappa shape index (κ3) is 4.47. The average molecular weight is 482 g/mol. The number of hydrogen-bond donors (Lipinski definition) is 4. The average Bonchev–Trinajstić information content (AvgIpc) is 3.27. The maximum Gasteiger partial charge on any atom is 0.261 e. The minimum Gasteiger partial charge on any atom is -0.387 e. The summed E-state index contributed by atoms with van der Waals surface area (Å²) in [6, 6.07) is 8.76. The number of nitrogens with zero attached hydrogens (tertiary/aromatic N) is 4. The first-order valence-corrected chi connectivity index (χ1v) is 11.3. The van der Waals surface area contributed by atoms with Gasteiger partial charge in [-0.15, -0.1) is 0 Å². The van der Waals surface area contributed by atoms with Gasteiger partial charge in [0.15, 0.2) is 5.65 Å². The molecule has 0 amide bonds. The molecule has 0 aliphatic carbocycles. The Hall–Kier alpha value is -3.47. The highest BCUT2D eigenvalue weighted by Gasteiger charge is 2.20. The van der Waals surface area contributed by atoms with Crippen molar-refractivity contribution in [2.45, 2.75) is 13.0 Å². The zero-order valence-corrected chi connectivity index (χ0v) is 19.3. The summed E-state index contributed by atoms with van der Waals surface area (Å²) < 4.78 is 5.41. The molecule has 1 fully saturated rings. The molecule has 0 radical (unpaired) electrons. The Bertz CT molecular complexity index is 1380. The number of aliphatic hydroxyl groups excluding tert-OH is 1. The van der Waals surface area contributed by atoms with E-state index in [2.05, 4.69) is 35.1 Å². The number of ether oxygens (including phenoxy) is 1. The van der Waals surface area contributed by atoms with Gasteiger partial charge in [0.1, 0.15) is 16.9 Å². The third-order valence-electron chi connectivity index (χ3n) is 5.72. The number of anilines is 2. The summed E-state index contributed by atoms with van der Waals surface area (Å²) in [6.07, 6.45) is 0.732. The molecule has 0 bridgehead atoms. The second kappa shape index (κ2) is 9.41. The van der Waals surface area contributed by atoms with Crippen LogP contribution in [-0.4, -0.2) is 62.9 Å². The lowest BCUT2D eigenvalue weighted by Gasteiger charge is -2.26. The first kappa shape index (κ1) is 22.3. The van der Waals surface area contributed by atoms with Gasteiger partial charge in [-0.25, -0.2) is 9.97 Å². The Morgan fingerprint density at radius 3 is 2.85 bits per heavy atom. The van der Waals surface area contributed by atoms with Gasteiger partial charge in [-0.05, 0) is 30.7 Å². The Morgan fingerprint density at radius 2 is 2.06 bits per heavy atom. The van der Waals surface area contributed by atoms with Crippen LogP contribution in [-0.2, 0) is 4.74 Å². The quantitative estimate of drug-likeness (QED) is 0.330. The Labute approximate surface area is 200 Å². The highest BCUT2D eigenvalue weighted by atomic mass is 35.5. The van der Waals surface area contributed by atoms with E-state index in [1.54, 1.807) is 36.5 Å². The van der Waals surface area contributed by atoms with Crippen molar-refractivity contribution < 1.29 is 9.84 Å². The molecule has 1 saturated heterocycles. The van der Waals surface area contributed by atoms with Crippen molar-refractivity contribution in [3.8, 4) is 11.4 Å². The largest absolute Gasteiger partial charge is 0.387 e. The van der Waals surface area contributed by atoms with Gasteiger partial charge < -0.3 is 30.0 Å². The van der Waals surface area contributed by atoms with Gasteiger partial charge in [0.05, 0.1) is 30.7 Å². The van der Waals surface area contributed by atoms with Crippen LogP contribution < -0.4 is 15.8 Å². The zero-order valence-electron chi connectivity index (χ0n) is 18.5. The number of hydrogen-bond acceptors (Lipinski definition) is 8. The second-order valence-corrected chi connectivity index (χ2v) is 8.47. The fraction of sp³-hybridized carbons (Fsp3) is 0.304. The number of aromatic nitrogens is 5. The smallest absolute Gasteiger partial charge is 0.261 e. The molecule has 0 saturated carbocycles. The van der Waals surface area contributed by atoms with Crippen LogP contribution in [0.4, 0.5) is 11.6 Å². The highest BCUT2D eigenvalue weighted by Crippen LogP contribution is 2.27. The van der Waals surface area contributed by atoms with Crippen LogP contribution in [0, 0.1) is 6.92 Å². The topological polar surface area (TPSA) is 132 Å². The van der Waals surface area contributed by atoms with Crippen LogP contribution in [0.25, 0.3) is 22.6 Å². The van der Waals surface area contributed by atoms with Crippen LogP contribution in [0.1, 0.15) is 17.4 Å². The van der Waals surface area contributed by atoms with Crippen molar-refractivity contribution in [3.63, 3.8) is 0 Å². The summed E-state index contributed by atoms with van der Waals surface area (Å²) in [7, 11) is 0. The number of fused-ring (bicyclic) bond motifs is 1. The Morgan fingerprint density at radius 1 is 1.24 bits per heavy atom. The number of aromatic amines is 2. The maximum absolute atomic E-state index is 12.8. The van der Waals surface area contributed by atoms with Gasteiger partial charge in [-0.2, -0.15) is 4.98 Å². The van der Waals surface area contributed by atoms with Crippen LogP contribution in [0.3, 0.4) is 0 Å². The van der Waals surface area contributed by atoms with Gasteiger partial charge in [0.2, 0.25) is 5.95 Å². The number of benzene rings is 1. The van der Waals surface area contributed by atoms with Crippen molar-refractivity contribution in [2.75, 3.05) is 43.1 Å². The van der Waals surface area contributed by atoms with E-state index in [0.29, 0.717) is 76.8 Å². The van der Waals surface area contributed by atoms with Crippen LogP contribution in [0.5, 0.6) is 0 Å². The minimum atomic E-state index is -0.814. The van der Waals surface area contributed by atoms with Crippen molar-refractivity contribution >= 4 is 34.4 Å². The van der Waals surface area contributed by atoms with E-state index in [1.165, 1.54) is 0 Å². The molecule has 4 heterocycles. The van der Waals surface area contributed by atoms with Gasteiger partial charge in [0, 0.05) is 30.9 Å². The molecule has 4 aromatic rings. The molecule has 10 nitrogen and oxygen atoms in total. The summed E-state index contributed by atoms with van der Waals surface area (Å²) >= 11 is 6.03. The van der Waals surface area contributed by atoms with Gasteiger partial charge in [-0.1, -0.05) is 23.7 Å².